The van der Waals surface area contributed by atoms with Crippen LogP contribution in [0.4, 0.5) is 0 Å². The number of sulfonamides is 1. The summed E-state index contributed by atoms with van der Waals surface area (Å²) in [5, 5.41) is 3.48. The van der Waals surface area contributed by atoms with E-state index in [9.17, 15) is 13.2 Å². The molecular weight excluding hydrogens is 424 g/mol. The first kappa shape index (κ1) is 22.6. The fraction of sp³-hybridized carbons (Fsp3) is 0.409. The van der Waals surface area contributed by atoms with Crippen LogP contribution in [0.25, 0.3) is 0 Å². The zero-order valence-electron chi connectivity index (χ0n) is 17.0. The molecule has 1 aliphatic rings. The summed E-state index contributed by atoms with van der Waals surface area (Å²) >= 11 is 5.86. The normalized spacial score (nSPS) is 14.6. The molecular formula is C22H27ClN2O4S. The van der Waals surface area contributed by atoms with Crippen LogP contribution in [0, 0.1) is 5.92 Å². The Morgan fingerprint density at radius 2 is 1.83 bits per heavy atom. The van der Waals surface area contributed by atoms with E-state index in [1.54, 1.807) is 30.3 Å². The lowest BCUT2D eigenvalue weighted by Crippen LogP contribution is -2.27. The summed E-state index contributed by atoms with van der Waals surface area (Å²) in [7, 11) is -2.49. The Balaban J connectivity index is 1.69. The number of amides is 1. The summed E-state index contributed by atoms with van der Waals surface area (Å²) in [5.41, 5.74) is 1.05. The van der Waals surface area contributed by atoms with Crippen molar-refractivity contribution in [2.24, 2.45) is 5.92 Å². The van der Waals surface area contributed by atoms with Gasteiger partial charge in [-0.1, -0.05) is 49.4 Å². The highest BCUT2D eigenvalue weighted by molar-refractivity contribution is 7.89. The lowest BCUT2D eigenvalue weighted by molar-refractivity contribution is 0.0951. The first-order chi connectivity index (χ1) is 14.4. The van der Waals surface area contributed by atoms with E-state index in [1.807, 2.05) is 0 Å². The summed E-state index contributed by atoms with van der Waals surface area (Å²) in [6.45, 7) is 0.687. The fourth-order valence-electron chi connectivity index (χ4n) is 3.68. The largest absolute Gasteiger partial charge is 0.495 e. The van der Waals surface area contributed by atoms with E-state index < -0.39 is 10.0 Å². The number of methoxy groups -OCH3 is 1. The van der Waals surface area contributed by atoms with Gasteiger partial charge in [0.1, 0.15) is 10.6 Å². The summed E-state index contributed by atoms with van der Waals surface area (Å²) in [6.07, 6.45) is 5.93. The number of nitrogens with one attached hydrogen (secondary N) is 2. The molecule has 0 bridgehead atoms. The summed E-state index contributed by atoms with van der Waals surface area (Å²) in [6, 6.07) is 11.3. The number of hydrogen-bond donors (Lipinski definition) is 2. The van der Waals surface area contributed by atoms with Crippen LogP contribution in [0.15, 0.2) is 47.4 Å². The minimum atomic E-state index is -3.89. The lowest BCUT2D eigenvalue weighted by atomic mass is 10.0. The smallest absolute Gasteiger partial charge is 0.251 e. The van der Waals surface area contributed by atoms with Crippen molar-refractivity contribution in [1.29, 1.82) is 0 Å². The van der Waals surface area contributed by atoms with Gasteiger partial charge in [0.2, 0.25) is 10.0 Å². The Labute approximate surface area is 183 Å². The maximum absolute atomic E-state index is 12.9. The van der Waals surface area contributed by atoms with E-state index in [1.165, 1.54) is 44.9 Å². The molecule has 2 N–H and O–H groups in total. The van der Waals surface area contributed by atoms with Gasteiger partial charge in [-0.15, -0.1) is 0 Å². The molecule has 162 valence electrons. The molecule has 0 atom stereocenters. The maximum atomic E-state index is 12.9. The fourth-order valence-corrected chi connectivity index (χ4v) is 5.01. The van der Waals surface area contributed by atoms with Crippen LogP contribution in [-0.2, 0) is 16.6 Å². The summed E-state index contributed by atoms with van der Waals surface area (Å²) < 4.78 is 33.5. The second-order valence-electron chi connectivity index (χ2n) is 7.51. The average Bonchev–Trinajstić information content (AvgIpc) is 3.26. The number of halogens is 1. The molecule has 0 aromatic heterocycles. The molecule has 1 saturated carbocycles. The first-order valence-electron chi connectivity index (χ1n) is 10.1. The van der Waals surface area contributed by atoms with Crippen molar-refractivity contribution >= 4 is 27.5 Å². The summed E-state index contributed by atoms with van der Waals surface area (Å²) in [4.78, 5) is 12.5. The van der Waals surface area contributed by atoms with Gasteiger partial charge in [-0.3, -0.25) is 4.79 Å². The number of ether oxygens (including phenoxy) is 1. The van der Waals surface area contributed by atoms with Crippen molar-refractivity contribution in [2.45, 2.75) is 43.5 Å². The molecule has 1 fully saturated rings. The monoisotopic (exact) mass is 450 g/mol. The third kappa shape index (κ3) is 5.97. The molecule has 1 aliphatic carbocycles. The highest BCUT2D eigenvalue weighted by atomic mass is 35.5. The average molecular weight is 451 g/mol. The molecule has 0 unspecified atom stereocenters. The van der Waals surface area contributed by atoms with Crippen LogP contribution in [0.3, 0.4) is 0 Å². The lowest BCUT2D eigenvalue weighted by Gasteiger charge is -2.13. The zero-order valence-corrected chi connectivity index (χ0v) is 18.6. The quantitative estimate of drug-likeness (QED) is 0.601. The maximum Gasteiger partial charge on any atom is 0.251 e. The Morgan fingerprint density at radius 1 is 1.13 bits per heavy atom. The SMILES string of the molecule is COc1ccc(C(=O)NCCC2CCCC2)cc1S(=O)(=O)NCc1ccc(Cl)cc1. The number of hydrogen-bond acceptors (Lipinski definition) is 4. The third-order valence-corrected chi connectivity index (χ3v) is 7.08. The standard InChI is InChI=1S/C22H27ClN2O4S/c1-29-20-11-8-18(22(26)24-13-12-16-4-2-3-5-16)14-21(20)30(27,28)25-15-17-6-9-19(23)10-7-17/h6-11,14,16,25H,2-5,12-13,15H2,1H3,(H,24,26). The highest BCUT2D eigenvalue weighted by Crippen LogP contribution is 2.27. The van der Waals surface area contributed by atoms with Crippen LogP contribution in [0.2, 0.25) is 5.02 Å². The van der Waals surface area contributed by atoms with E-state index in [0.29, 0.717) is 17.5 Å². The van der Waals surface area contributed by atoms with E-state index in [4.69, 9.17) is 16.3 Å². The Bertz CT molecular complexity index is 971. The Morgan fingerprint density at radius 3 is 2.50 bits per heavy atom. The molecule has 3 rings (SSSR count). The van der Waals surface area contributed by atoms with Gasteiger partial charge in [0.25, 0.3) is 5.91 Å². The molecule has 1 amide bonds. The zero-order chi connectivity index (χ0) is 21.6. The van der Waals surface area contributed by atoms with Crippen molar-refractivity contribution in [2.75, 3.05) is 13.7 Å². The van der Waals surface area contributed by atoms with E-state index >= 15 is 0 Å². The molecule has 0 saturated heterocycles. The second kappa shape index (κ2) is 10.3. The minimum absolute atomic E-state index is 0.0672. The predicted octanol–water partition coefficient (Wildman–Crippen LogP) is 4.14. The second-order valence-corrected chi connectivity index (χ2v) is 9.68. The topological polar surface area (TPSA) is 84.5 Å². The van der Waals surface area contributed by atoms with Crippen molar-refractivity contribution in [3.63, 3.8) is 0 Å². The molecule has 0 spiro atoms. The first-order valence-corrected chi connectivity index (χ1v) is 12.0. The van der Waals surface area contributed by atoms with E-state index in [2.05, 4.69) is 10.0 Å². The molecule has 2 aromatic rings. The van der Waals surface area contributed by atoms with Crippen molar-refractivity contribution in [3.8, 4) is 5.75 Å². The molecule has 0 heterocycles. The molecule has 8 heteroatoms. The van der Waals surface area contributed by atoms with Crippen molar-refractivity contribution < 1.29 is 17.9 Å². The van der Waals surface area contributed by atoms with Crippen LogP contribution < -0.4 is 14.8 Å². The molecule has 30 heavy (non-hydrogen) atoms. The number of carbonyl (C=O) groups is 1. The number of rotatable bonds is 9. The van der Waals surface area contributed by atoms with E-state index in [-0.39, 0.29) is 28.7 Å². The third-order valence-electron chi connectivity index (χ3n) is 5.41. The minimum Gasteiger partial charge on any atom is -0.495 e. The van der Waals surface area contributed by atoms with Gasteiger partial charge in [-0.25, -0.2) is 13.1 Å². The Hall–Kier alpha value is -2.09. The van der Waals surface area contributed by atoms with Crippen LogP contribution in [0.1, 0.15) is 48.0 Å². The van der Waals surface area contributed by atoms with Gasteiger partial charge in [0.15, 0.2) is 0 Å². The van der Waals surface area contributed by atoms with Crippen molar-refractivity contribution in [1.82, 2.24) is 10.0 Å². The van der Waals surface area contributed by atoms with Crippen LogP contribution >= 0.6 is 11.6 Å². The van der Waals surface area contributed by atoms with Crippen molar-refractivity contribution in [3.05, 3.63) is 58.6 Å². The van der Waals surface area contributed by atoms with Gasteiger partial charge in [-0.05, 0) is 48.2 Å². The van der Waals surface area contributed by atoms with E-state index in [0.717, 1.165) is 12.0 Å². The van der Waals surface area contributed by atoms with Crippen LogP contribution in [0.5, 0.6) is 5.75 Å². The summed E-state index contributed by atoms with van der Waals surface area (Å²) in [5.74, 6) is 0.570. The van der Waals surface area contributed by atoms with Gasteiger partial charge < -0.3 is 10.1 Å². The highest BCUT2D eigenvalue weighted by Gasteiger charge is 2.22. The van der Waals surface area contributed by atoms with Gasteiger partial charge in [0, 0.05) is 23.7 Å². The number of carbonyl (C=O) groups excluding carboxylic acids is 1. The molecule has 6 nitrogen and oxygen atoms in total. The molecule has 0 aliphatic heterocycles. The Kier molecular flexibility index (Phi) is 7.75. The van der Waals surface area contributed by atoms with Gasteiger partial charge >= 0.3 is 0 Å². The van der Waals surface area contributed by atoms with Gasteiger partial charge in [0.05, 0.1) is 7.11 Å². The predicted molar refractivity (Wildman–Crippen MR) is 117 cm³/mol. The number of benzene rings is 2. The van der Waals surface area contributed by atoms with Crippen LogP contribution in [-0.4, -0.2) is 28.0 Å². The van der Waals surface area contributed by atoms with Gasteiger partial charge in [-0.2, -0.15) is 0 Å². The molecule has 2 aromatic carbocycles. The molecule has 0 radical (unpaired) electrons.